The molecule has 6 nitrogen and oxygen atoms in total. The van der Waals surface area contributed by atoms with E-state index in [0.717, 1.165) is 28.2 Å². The third kappa shape index (κ3) is 3.33. The zero-order valence-corrected chi connectivity index (χ0v) is 16.6. The molecule has 148 valence electrons. The van der Waals surface area contributed by atoms with Gasteiger partial charge in [-0.15, -0.1) is 0 Å². The highest BCUT2D eigenvalue weighted by atomic mass is 16.2. The van der Waals surface area contributed by atoms with Crippen LogP contribution in [-0.2, 0) is 13.1 Å². The number of hydrogen-bond acceptors (Lipinski definition) is 3. The van der Waals surface area contributed by atoms with Gasteiger partial charge in [-0.1, -0.05) is 29.8 Å². The summed E-state index contributed by atoms with van der Waals surface area (Å²) < 4.78 is 4.04. The molecule has 0 saturated heterocycles. The number of nitrogens with zero attached hydrogens (tertiary/aromatic N) is 5. The Morgan fingerprint density at radius 3 is 1.87 bits per heavy atom. The third-order valence-electron chi connectivity index (χ3n) is 5.28. The highest BCUT2D eigenvalue weighted by Gasteiger charge is 2.20. The van der Waals surface area contributed by atoms with Crippen LogP contribution < -0.4 is 0 Å². The third-order valence-corrected chi connectivity index (χ3v) is 5.28. The van der Waals surface area contributed by atoms with Gasteiger partial charge in [0.05, 0.1) is 36.9 Å². The van der Waals surface area contributed by atoms with Gasteiger partial charge in [0.2, 0.25) is 0 Å². The highest BCUT2D eigenvalue weighted by Crippen LogP contribution is 2.17. The molecule has 0 N–H and O–H groups in total. The largest absolute Gasteiger partial charge is 0.327 e. The first kappa shape index (κ1) is 18.1. The summed E-state index contributed by atoms with van der Waals surface area (Å²) in [6, 6.07) is 19.5. The van der Waals surface area contributed by atoms with Gasteiger partial charge in [0, 0.05) is 18.0 Å². The first-order chi connectivity index (χ1) is 14.7. The minimum atomic E-state index is -0.0215. The van der Waals surface area contributed by atoms with E-state index in [1.807, 2.05) is 106 Å². The lowest BCUT2D eigenvalue weighted by molar-refractivity contribution is 0.0725. The summed E-state index contributed by atoms with van der Waals surface area (Å²) in [4.78, 5) is 24.2. The second kappa shape index (κ2) is 7.48. The van der Waals surface area contributed by atoms with Crippen molar-refractivity contribution < 1.29 is 4.79 Å². The van der Waals surface area contributed by atoms with E-state index < -0.39 is 0 Å². The molecule has 1 aromatic carbocycles. The van der Waals surface area contributed by atoms with E-state index in [2.05, 4.69) is 9.97 Å². The zero-order valence-electron chi connectivity index (χ0n) is 16.6. The molecule has 0 spiro atoms. The Labute approximate surface area is 174 Å². The van der Waals surface area contributed by atoms with E-state index in [1.165, 1.54) is 0 Å². The molecule has 0 saturated carbocycles. The molecule has 1 amide bonds. The van der Waals surface area contributed by atoms with Gasteiger partial charge in [-0.05, 0) is 43.3 Å². The van der Waals surface area contributed by atoms with Crippen molar-refractivity contribution in [2.24, 2.45) is 0 Å². The lowest BCUT2D eigenvalue weighted by Gasteiger charge is -2.22. The first-order valence-corrected chi connectivity index (χ1v) is 9.87. The predicted octanol–water partition coefficient (Wildman–Crippen LogP) is 4.13. The summed E-state index contributed by atoms with van der Waals surface area (Å²) in [6.45, 7) is 2.90. The Kier molecular flexibility index (Phi) is 4.52. The fraction of sp³-hybridized carbons (Fsp3) is 0.125. The maximum absolute atomic E-state index is 13.4. The van der Waals surface area contributed by atoms with Crippen LogP contribution in [0.15, 0.2) is 85.5 Å². The van der Waals surface area contributed by atoms with E-state index in [-0.39, 0.29) is 5.91 Å². The lowest BCUT2D eigenvalue weighted by atomic mass is 10.1. The van der Waals surface area contributed by atoms with Crippen molar-refractivity contribution in [1.29, 1.82) is 0 Å². The fourth-order valence-corrected chi connectivity index (χ4v) is 3.67. The normalized spacial score (nSPS) is 11.2. The van der Waals surface area contributed by atoms with Crippen molar-refractivity contribution in [2.75, 3.05) is 0 Å². The van der Waals surface area contributed by atoms with Gasteiger partial charge >= 0.3 is 0 Å². The second-order valence-corrected chi connectivity index (χ2v) is 7.38. The van der Waals surface area contributed by atoms with Crippen LogP contribution in [-0.4, -0.2) is 29.6 Å². The van der Waals surface area contributed by atoms with E-state index in [4.69, 9.17) is 0 Å². The summed E-state index contributed by atoms with van der Waals surface area (Å²) in [6.07, 6.45) is 7.61. The van der Waals surface area contributed by atoms with Crippen molar-refractivity contribution in [3.8, 4) is 0 Å². The summed E-state index contributed by atoms with van der Waals surface area (Å²) in [5, 5.41) is 0. The molecule has 0 aliphatic heterocycles. The van der Waals surface area contributed by atoms with Gasteiger partial charge < -0.3 is 13.7 Å². The summed E-state index contributed by atoms with van der Waals surface area (Å²) >= 11 is 0. The van der Waals surface area contributed by atoms with Crippen molar-refractivity contribution >= 4 is 17.2 Å². The molecule has 4 heterocycles. The second-order valence-electron chi connectivity index (χ2n) is 7.38. The molecule has 0 aliphatic rings. The topological polar surface area (TPSA) is 54.9 Å². The number of hydrogen-bond donors (Lipinski definition) is 0. The van der Waals surface area contributed by atoms with Crippen molar-refractivity contribution in [3.63, 3.8) is 0 Å². The van der Waals surface area contributed by atoms with Gasteiger partial charge in [-0.25, -0.2) is 9.97 Å². The van der Waals surface area contributed by atoms with Crippen LogP contribution in [0.3, 0.4) is 0 Å². The lowest BCUT2D eigenvalue weighted by Crippen LogP contribution is -2.31. The molecule has 0 unspecified atom stereocenters. The Bertz CT molecular complexity index is 1260. The van der Waals surface area contributed by atoms with Crippen LogP contribution in [0.5, 0.6) is 0 Å². The summed E-state index contributed by atoms with van der Waals surface area (Å²) in [5.74, 6) is -0.0215. The molecular weight excluding hydrogens is 374 g/mol. The van der Waals surface area contributed by atoms with Crippen molar-refractivity contribution in [1.82, 2.24) is 23.7 Å². The van der Waals surface area contributed by atoms with Crippen LogP contribution in [0.2, 0.25) is 0 Å². The number of amides is 1. The quantitative estimate of drug-likeness (QED) is 0.450. The maximum atomic E-state index is 13.4. The average Bonchev–Trinajstić information content (AvgIpc) is 3.38. The van der Waals surface area contributed by atoms with Gasteiger partial charge in [0.15, 0.2) is 0 Å². The molecule has 0 radical (unpaired) electrons. The van der Waals surface area contributed by atoms with Crippen LogP contribution in [0.25, 0.3) is 11.3 Å². The fourth-order valence-electron chi connectivity index (χ4n) is 3.67. The zero-order chi connectivity index (χ0) is 20.5. The van der Waals surface area contributed by atoms with E-state index in [1.54, 1.807) is 0 Å². The Hall–Kier alpha value is -3.93. The molecule has 5 aromatic rings. The molecule has 30 heavy (non-hydrogen) atoms. The minimum absolute atomic E-state index is 0.0215. The smallest absolute Gasteiger partial charge is 0.254 e. The van der Waals surface area contributed by atoms with Crippen LogP contribution in [0.4, 0.5) is 0 Å². The molecule has 0 fully saturated rings. The summed E-state index contributed by atoms with van der Waals surface area (Å²) in [7, 11) is 0. The molecule has 0 aliphatic carbocycles. The number of benzene rings is 1. The summed E-state index contributed by atoms with van der Waals surface area (Å²) in [5.41, 5.74) is 5.44. The number of carbonyl (C=O) groups is 1. The number of aryl methyl sites for hydroxylation is 1. The van der Waals surface area contributed by atoms with Gasteiger partial charge in [0.25, 0.3) is 5.91 Å². The molecule has 5 rings (SSSR count). The highest BCUT2D eigenvalue weighted by molar-refractivity contribution is 5.94. The first-order valence-electron chi connectivity index (χ1n) is 9.87. The Morgan fingerprint density at radius 2 is 1.33 bits per heavy atom. The number of aromatic nitrogens is 4. The molecule has 4 aromatic heterocycles. The van der Waals surface area contributed by atoms with Crippen molar-refractivity contribution in [2.45, 2.75) is 20.0 Å². The molecule has 0 atom stereocenters. The van der Waals surface area contributed by atoms with Gasteiger partial charge in [-0.3, -0.25) is 4.79 Å². The molecule has 0 bridgehead atoms. The SMILES string of the molecule is Cc1ccc(C(=O)N(Cc2cnc3ccccn23)Cc2cnc3ccccn23)cc1. The monoisotopic (exact) mass is 395 g/mol. The number of rotatable bonds is 5. The van der Waals surface area contributed by atoms with E-state index in [9.17, 15) is 4.79 Å². The number of carbonyl (C=O) groups excluding carboxylic acids is 1. The van der Waals surface area contributed by atoms with Gasteiger partial charge in [-0.2, -0.15) is 0 Å². The Balaban J connectivity index is 1.52. The number of fused-ring (bicyclic) bond motifs is 2. The average molecular weight is 395 g/mol. The molecule has 6 heteroatoms. The Morgan fingerprint density at radius 1 is 0.800 bits per heavy atom. The number of imidazole rings is 2. The molecular formula is C24H21N5O. The van der Waals surface area contributed by atoms with Crippen LogP contribution >= 0.6 is 0 Å². The van der Waals surface area contributed by atoms with Crippen LogP contribution in [0, 0.1) is 6.92 Å². The van der Waals surface area contributed by atoms with E-state index in [0.29, 0.717) is 18.7 Å². The van der Waals surface area contributed by atoms with E-state index >= 15 is 0 Å². The van der Waals surface area contributed by atoms with Crippen LogP contribution in [0.1, 0.15) is 27.3 Å². The number of pyridine rings is 2. The van der Waals surface area contributed by atoms with Gasteiger partial charge in [0.1, 0.15) is 11.3 Å². The minimum Gasteiger partial charge on any atom is -0.327 e. The standard InChI is InChI=1S/C24H21N5O/c1-18-8-10-19(11-9-18)24(30)27(16-20-14-25-22-6-2-4-12-28(20)22)17-21-15-26-23-7-3-5-13-29(21)23/h2-15H,16-17H2,1H3. The van der Waals surface area contributed by atoms with Crippen molar-refractivity contribution in [3.05, 3.63) is 108 Å². The predicted molar refractivity (Wildman–Crippen MR) is 115 cm³/mol. The maximum Gasteiger partial charge on any atom is 0.254 e.